The van der Waals surface area contributed by atoms with E-state index in [1.807, 2.05) is 7.05 Å². The Morgan fingerprint density at radius 3 is 2.53 bits per heavy atom. The first-order chi connectivity index (χ1) is 7.89. The highest BCUT2D eigenvalue weighted by atomic mass is 32.2. The van der Waals surface area contributed by atoms with Crippen LogP contribution < -0.4 is 4.72 Å². The predicted octanol–water partition coefficient (Wildman–Crippen LogP) is -0.135. The van der Waals surface area contributed by atoms with Gasteiger partial charge in [-0.1, -0.05) is 0 Å². The van der Waals surface area contributed by atoms with Gasteiger partial charge in [0.25, 0.3) is 0 Å². The van der Waals surface area contributed by atoms with Gasteiger partial charge in [-0.25, -0.2) is 13.1 Å². The topological polar surface area (TPSA) is 86.7 Å². The molecule has 1 aliphatic rings. The van der Waals surface area contributed by atoms with Gasteiger partial charge in [-0.15, -0.1) is 0 Å². The summed E-state index contributed by atoms with van der Waals surface area (Å²) in [6, 6.07) is 0.000952. The molecule has 0 bridgehead atoms. The highest BCUT2D eigenvalue weighted by molar-refractivity contribution is 7.89. The van der Waals surface area contributed by atoms with Gasteiger partial charge in [0.15, 0.2) is 0 Å². The van der Waals surface area contributed by atoms with E-state index in [-0.39, 0.29) is 24.6 Å². The van der Waals surface area contributed by atoms with Crippen LogP contribution in [0.4, 0.5) is 0 Å². The maximum atomic E-state index is 11.6. The van der Waals surface area contributed by atoms with Crippen molar-refractivity contribution in [3.8, 4) is 0 Å². The van der Waals surface area contributed by atoms with Gasteiger partial charge in [-0.05, 0) is 39.4 Å². The first-order valence-corrected chi connectivity index (χ1v) is 7.44. The van der Waals surface area contributed by atoms with Crippen LogP contribution in [0.2, 0.25) is 0 Å². The molecule has 0 radical (unpaired) electrons. The number of carbonyl (C=O) groups is 1. The third kappa shape index (κ3) is 5.99. The maximum Gasteiger partial charge on any atom is 0.303 e. The number of carboxylic acid groups (broad SMARTS) is 1. The fraction of sp³-hybridized carbons (Fsp3) is 0.900. The van der Waals surface area contributed by atoms with E-state index < -0.39 is 16.0 Å². The van der Waals surface area contributed by atoms with Gasteiger partial charge in [0, 0.05) is 12.5 Å². The molecule has 2 N–H and O–H groups in total. The van der Waals surface area contributed by atoms with Crippen LogP contribution in [0.3, 0.4) is 0 Å². The Kier molecular flexibility index (Phi) is 5.35. The van der Waals surface area contributed by atoms with Crippen LogP contribution in [0, 0.1) is 0 Å². The molecule has 0 saturated carbocycles. The zero-order valence-electron chi connectivity index (χ0n) is 10.1. The number of nitrogens with one attached hydrogen (secondary N) is 1. The van der Waals surface area contributed by atoms with Gasteiger partial charge >= 0.3 is 5.97 Å². The highest BCUT2D eigenvalue weighted by Gasteiger charge is 2.21. The number of likely N-dealkylation sites (tertiary alicyclic amines) is 1. The number of aliphatic carboxylic acids is 1. The van der Waals surface area contributed by atoms with Crippen LogP contribution in [0.25, 0.3) is 0 Å². The lowest BCUT2D eigenvalue weighted by Gasteiger charge is -2.29. The van der Waals surface area contributed by atoms with E-state index in [9.17, 15) is 13.2 Å². The monoisotopic (exact) mass is 264 g/mol. The van der Waals surface area contributed by atoms with Crippen LogP contribution in [-0.4, -0.2) is 56.3 Å². The van der Waals surface area contributed by atoms with Gasteiger partial charge in [0.2, 0.25) is 10.0 Å². The lowest BCUT2D eigenvalue weighted by molar-refractivity contribution is -0.137. The molecule has 17 heavy (non-hydrogen) atoms. The molecule has 100 valence electrons. The molecule has 1 aliphatic heterocycles. The lowest BCUT2D eigenvalue weighted by Crippen LogP contribution is -2.44. The molecular formula is C10H20N2O4S. The lowest BCUT2D eigenvalue weighted by atomic mass is 10.1. The SMILES string of the molecule is CN1CCC(NS(=O)(=O)CCCC(=O)O)CC1. The number of hydrogen-bond donors (Lipinski definition) is 2. The highest BCUT2D eigenvalue weighted by Crippen LogP contribution is 2.09. The Morgan fingerprint density at radius 1 is 1.41 bits per heavy atom. The van der Waals surface area contributed by atoms with Crippen LogP contribution >= 0.6 is 0 Å². The van der Waals surface area contributed by atoms with Crippen molar-refractivity contribution in [1.29, 1.82) is 0 Å². The average Bonchev–Trinajstić information content (AvgIpc) is 2.20. The van der Waals surface area contributed by atoms with Gasteiger partial charge in [-0.2, -0.15) is 0 Å². The van der Waals surface area contributed by atoms with Crippen molar-refractivity contribution in [2.24, 2.45) is 0 Å². The van der Waals surface area contributed by atoms with Crippen molar-refractivity contribution in [3.05, 3.63) is 0 Å². The van der Waals surface area contributed by atoms with Crippen LogP contribution in [0.15, 0.2) is 0 Å². The normalized spacial score (nSPS) is 19.4. The first kappa shape index (κ1) is 14.4. The van der Waals surface area contributed by atoms with Gasteiger partial charge in [-0.3, -0.25) is 4.79 Å². The number of piperidine rings is 1. The molecule has 0 atom stereocenters. The van der Waals surface area contributed by atoms with Crippen molar-refractivity contribution >= 4 is 16.0 Å². The van der Waals surface area contributed by atoms with Crippen LogP contribution in [0.1, 0.15) is 25.7 Å². The Bertz CT molecular complexity index is 347. The predicted molar refractivity (Wildman–Crippen MR) is 64.3 cm³/mol. The minimum Gasteiger partial charge on any atom is -0.481 e. The summed E-state index contributed by atoms with van der Waals surface area (Å²) in [7, 11) is -1.31. The number of hydrogen-bond acceptors (Lipinski definition) is 4. The Balaban J connectivity index is 2.31. The van der Waals surface area contributed by atoms with E-state index in [1.165, 1.54) is 0 Å². The van der Waals surface area contributed by atoms with Gasteiger partial charge in [0.05, 0.1) is 5.75 Å². The molecule has 1 heterocycles. The van der Waals surface area contributed by atoms with E-state index in [2.05, 4.69) is 9.62 Å². The number of carboxylic acids is 1. The van der Waals surface area contributed by atoms with Crippen LogP contribution in [-0.2, 0) is 14.8 Å². The third-order valence-corrected chi connectivity index (χ3v) is 4.39. The average molecular weight is 264 g/mol. The molecule has 1 saturated heterocycles. The molecule has 1 fully saturated rings. The first-order valence-electron chi connectivity index (χ1n) is 5.79. The Labute approximate surface area is 102 Å². The summed E-state index contributed by atoms with van der Waals surface area (Å²) in [6.07, 6.45) is 1.69. The van der Waals surface area contributed by atoms with E-state index in [4.69, 9.17) is 5.11 Å². The maximum absolute atomic E-state index is 11.6. The zero-order valence-corrected chi connectivity index (χ0v) is 10.9. The molecule has 0 aromatic rings. The molecule has 7 heteroatoms. The summed E-state index contributed by atoms with van der Waals surface area (Å²) in [4.78, 5) is 12.5. The van der Waals surface area contributed by atoms with Crippen LogP contribution in [0.5, 0.6) is 0 Å². The van der Waals surface area contributed by atoms with E-state index in [0.29, 0.717) is 0 Å². The summed E-state index contributed by atoms with van der Waals surface area (Å²) < 4.78 is 25.9. The zero-order chi connectivity index (χ0) is 12.9. The second-order valence-corrected chi connectivity index (χ2v) is 6.39. The van der Waals surface area contributed by atoms with Crippen molar-refractivity contribution in [3.63, 3.8) is 0 Å². The minimum atomic E-state index is -3.33. The van der Waals surface area contributed by atoms with E-state index in [0.717, 1.165) is 25.9 Å². The van der Waals surface area contributed by atoms with Crippen molar-refractivity contribution < 1.29 is 18.3 Å². The van der Waals surface area contributed by atoms with Gasteiger partial charge < -0.3 is 10.0 Å². The largest absolute Gasteiger partial charge is 0.481 e. The summed E-state index contributed by atoms with van der Waals surface area (Å²) in [5.74, 6) is -1.06. The number of nitrogens with zero attached hydrogens (tertiary/aromatic N) is 1. The fourth-order valence-corrected chi connectivity index (χ4v) is 3.24. The number of rotatable bonds is 6. The molecule has 0 unspecified atom stereocenters. The summed E-state index contributed by atoms with van der Waals surface area (Å²) in [5, 5.41) is 8.44. The number of sulfonamides is 1. The second kappa shape index (κ2) is 6.32. The standard InChI is InChI=1S/C10H20N2O4S/c1-12-6-4-9(5-7-12)11-17(15,16)8-2-3-10(13)14/h9,11H,2-8H2,1H3,(H,13,14). The second-order valence-electron chi connectivity index (χ2n) is 4.51. The minimum absolute atomic E-state index is 0.000952. The fourth-order valence-electron chi connectivity index (χ4n) is 1.85. The van der Waals surface area contributed by atoms with Gasteiger partial charge in [0.1, 0.15) is 0 Å². The Hall–Kier alpha value is -0.660. The molecule has 0 spiro atoms. The molecule has 0 aromatic carbocycles. The smallest absolute Gasteiger partial charge is 0.303 e. The Morgan fingerprint density at radius 2 is 2.00 bits per heavy atom. The molecule has 1 rings (SSSR count). The molecule has 0 amide bonds. The van der Waals surface area contributed by atoms with E-state index >= 15 is 0 Å². The third-order valence-electron chi connectivity index (χ3n) is 2.87. The van der Waals surface area contributed by atoms with E-state index in [1.54, 1.807) is 0 Å². The summed E-state index contributed by atoms with van der Waals surface area (Å²) in [6.45, 7) is 1.78. The summed E-state index contributed by atoms with van der Waals surface area (Å²) in [5.41, 5.74) is 0. The van der Waals surface area contributed by atoms with Crippen molar-refractivity contribution in [1.82, 2.24) is 9.62 Å². The molecule has 6 nitrogen and oxygen atoms in total. The van der Waals surface area contributed by atoms with Crippen molar-refractivity contribution in [2.75, 3.05) is 25.9 Å². The molecular weight excluding hydrogens is 244 g/mol. The summed E-state index contributed by atoms with van der Waals surface area (Å²) >= 11 is 0. The quantitative estimate of drug-likeness (QED) is 0.697. The molecule has 0 aromatic heterocycles. The molecule has 0 aliphatic carbocycles. The van der Waals surface area contributed by atoms with Crippen molar-refractivity contribution in [2.45, 2.75) is 31.7 Å².